The zero-order chi connectivity index (χ0) is 18.6. The Bertz CT molecular complexity index is 871. The SMILES string of the molecule is CC(C)c1ocnc1CN1CCN(c2nccc(-c3cccnc3)n2)CC1. The van der Waals surface area contributed by atoms with Gasteiger partial charge in [0.2, 0.25) is 5.95 Å². The fourth-order valence-electron chi connectivity index (χ4n) is 3.36. The van der Waals surface area contributed by atoms with Gasteiger partial charge in [0, 0.05) is 62.8 Å². The molecule has 4 heterocycles. The maximum Gasteiger partial charge on any atom is 0.225 e. The second kappa shape index (κ2) is 7.84. The highest BCUT2D eigenvalue weighted by Gasteiger charge is 2.22. The van der Waals surface area contributed by atoms with E-state index in [2.05, 4.69) is 38.6 Å². The molecule has 0 saturated carbocycles. The van der Waals surface area contributed by atoms with Crippen molar-refractivity contribution in [1.29, 1.82) is 0 Å². The Balaban J connectivity index is 1.40. The van der Waals surface area contributed by atoms with Gasteiger partial charge in [0.05, 0.1) is 11.4 Å². The number of oxazole rings is 1. The summed E-state index contributed by atoms with van der Waals surface area (Å²) in [5.74, 6) is 2.12. The Hall–Kier alpha value is -2.80. The first kappa shape index (κ1) is 17.6. The lowest BCUT2D eigenvalue weighted by atomic mass is 10.1. The van der Waals surface area contributed by atoms with Gasteiger partial charge in [-0.15, -0.1) is 0 Å². The van der Waals surface area contributed by atoms with E-state index in [1.54, 1.807) is 12.6 Å². The van der Waals surface area contributed by atoms with Crippen LogP contribution in [0.5, 0.6) is 0 Å². The molecule has 7 heteroatoms. The normalized spacial score (nSPS) is 15.4. The van der Waals surface area contributed by atoms with E-state index in [1.807, 2.05) is 30.6 Å². The van der Waals surface area contributed by atoms with Crippen molar-refractivity contribution in [2.75, 3.05) is 31.1 Å². The number of nitrogens with zero attached hydrogens (tertiary/aromatic N) is 6. The highest BCUT2D eigenvalue weighted by atomic mass is 16.3. The molecule has 27 heavy (non-hydrogen) atoms. The van der Waals surface area contributed by atoms with Gasteiger partial charge >= 0.3 is 0 Å². The fourth-order valence-corrected chi connectivity index (χ4v) is 3.36. The highest BCUT2D eigenvalue weighted by Crippen LogP contribution is 2.22. The first-order valence-corrected chi connectivity index (χ1v) is 9.33. The molecule has 7 nitrogen and oxygen atoms in total. The second-order valence-corrected chi connectivity index (χ2v) is 7.06. The summed E-state index contributed by atoms with van der Waals surface area (Å²) in [7, 11) is 0. The van der Waals surface area contributed by atoms with Crippen LogP contribution in [0.15, 0.2) is 47.6 Å². The highest BCUT2D eigenvalue weighted by molar-refractivity contribution is 5.58. The van der Waals surface area contributed by atoms with Crippen LogP contribution in [0.25, 0.3) is 11.3 Å². The first-order chi connectivity index (χ1) is 13.2. The van der Waals surface area contributed by atoms with Crippen LogP contribution in [0.4, 0.5) is 5.95 Å². The third kappa shape index (κ3) is 3.98. The topological polar surface area (TPSA) is 71.2 Å². The average molecular weight is 364 g/mol. The van der Waals surface area contributed by atoms with Crippen molar-refractivity contribution in [1.82, 2.24) is 24.8 Å². The predicted molar refractivity (Wildman–Crippen MR) is 103 cm³/mol. The molecular formula is C20H24N6O. The van der Waals surface area contributed by atoms with Gasteiger partial charge in [-0.1, -0.05) is 13.8 Å². The van der Waals surface area contributed by atoms with Gasteiger partial charge in [0.15, 0.2) is 6.39 Å². The Morgan fingerprint density at radius 1 is 1.07 bits per heavy atom. The van der Waals surface area contributed by atoms with Crippen LogP contribution in [-0.4, -0.2) is 51.0 Å². The van der Waals surface area contributed by atoms with Crippen molar-refractivity contribution < 1.29 is 4.42 Å². The predicted octanol–water partition coefficient (Wildman–Crippen LogP) is 2.97. The third-order valence-electron chi connectivity index (χ3n) is 4.83. The summed E-state index contributed by atoms with van der Waals surface area (Å²) in [6.45, 7) is 8.78. The lowest BCUT2D eigenvalue weighted by molar-refractivity contribution is 0.244. The molecule has 0 aromatic carbocycles. The number of hydrogen-bond donors (Lipinski definition) is 0. The lowest BCUT2D eigenvalue weighted by Gasteiger charge is -2.34. The van der Waals surface area contributed by atoms with Crippen molar-refractivity contribution >= 4 is 5.95 Å². The van der Waals surface area contributed by atoms with Gasteiger partial charge in [0.25, 0.3) is 0 Å². The Morgan fingerprint density at radius 2 is 1.93 bits per heavy atom. The van der Waals surface area contributed by atoms with Gasteiger partial charge < -0.3 is 9.32 Å². The van der Waals surface area contributed by atoms with Gasteiger partial charge in [-0.05, 0) is 18.2 Å². The number of aromatic nitrogens is 4. The quantitative estimate of drug-likeness (QED) is 0.689. The fraction of sp³-hybridized carbons (Fsp3) is 0.400. The molecule has 0 aliphatic carbocycles. The zero-order valence-electron chi connectivity index (χ0n) is 15.7. The molecule has 0 bridgehead atoms. The third-order valence-corrected chi connectivity index (χ3v) is 4.83. The van der Waals surface area contributed by atoms with Crippen molar-refractivity contribution in [3.05, 3.63) is 54.6 Å². The second-order valence-electron chi connectivity index (χ2n) is 7.06. The molecular weight excluding hydrogens is 340 g/mol. The van der Waals surface area contributed by atoms with Crippen LogP contribution in [0.3, 0.4) is 0 Å². The summed E-state index contributed by atoms with van der Waals surface area (Å²) in [4.78, 5) is 22.4. The molecule has 4 rings (SSSR count). The van der Waals surface area contributed by atoms with E-state index >= 15 is 0 Å². The molecule has 1 aliphatic rings. The Kier molecular flexibility index (Phi) is 5.11. The Labute approximate surface area is 159 Å². The van der Waals surface area contributed by atoms with Gasteiger partial charge in [-0.3, -0.25) is 9.88 Å². The molecule has 1 saturated heterocycles. The molecule has 0 amide bonds. The van der Waals surface area contributed by atoms with Crippen LogP contribution in [0.2, 0.25) is 0 Å². The number of hydrogen-bond acceptors (Lipinski definition) is 7. The summed E-state index contributed by atoms with van der Waals surface area (Å²) >= 11 is 0. The zero-order valence-corrected chi connectivity index (χ0v) is 15.7. The van der Waals surface area contributed by atoms with Gasteiger partial charge in [-0.25, -0.2) is 15.0 Å². The van der Waals surface area contributed by atoms with Crippen LogP contribution in [0.1, 0.15) is 31.2 Å². The van der Waals surface area contributed by atoms with Crippen LogP contribution < -0.4 is 4.90 Å². The largest absolute Gasteiger partial charge is 0.448 e. The number of rotatable bonds is 5. The van der Waals surface area contributed by atoms with E-state index in [4.69, 9.17) is 9.40 Å². The van der Waals surface area contributed by atoms with Crippen molar-refractivity contribution in [2.24, 2.45) is 0 Å². The molecule has 3 aromatic heterocycles. The minimum atomic E-state index is 0.354. The monoisotopic (exact) mass is 364 g/mol. The molecule has 0 unspecified atom stereocenters. The minimum Gasteiger partial charge on any atom is -0.448 e. The van der Waals surface area contributed by atoms with Crippen LogP contribution >= 0.6 is 0 Å². The maximum atomic E-state index is 5.54. The number of piperazine rings is 1. The standard InChI is InChI=1S/C20H24N6O/c1-15(2)19-18(23-14-27-19)13-25-8-10-26(11-9-25)20-22-7-5-17(24-20)16-4-3-6-21-12-16/h3-7,12,14-15H,8-11,13H2,1-2H3. The van der Waals surface area contributed by atoms with E-state index in [0.717, 1.165) is 61.4 Å². The molecule has 140 valence electrons. The number of pyridine rings is 1. The van der Waals surface area contributed by atoms with E-state index in [9.17, 15) is 0 Å². The maximum absolute atomic E-state index is 5.54. The summed E-state index contributed by atoms with van der Waals surface area (Å²) < 4.78 is 5.54. The van der Waals surface area contributed by atoms with E-state index in [1.165, 1.54) is 0 Å². The van der Waals surface area contributed by atoms with Gasteiger partial charge in [-0.2, -0.15) is 0 Å². The minimum absolute atomic E-state index is 0.354. The summed E-state index contributed by atoms with van der Waals surface area (Å²) in [6.07, 6.45) is 6.97. The van der Waals surface area contributed by atoms with Crippen LogP contribution in [-0.2, 0) is 6.54 Å². The average Bonchev–Trinajstić information content (AvgIpc) is 3.18. The summed E-state index contributed by atoms with van der Waals surface area (Å²) in [5, 5.41) is 0. The van der Waals surface area contributed by atoms with E-state index in [0.29, 0.717) is 5.92 Å². The van der Waals surface area contributed by atoms with Crippen LogP contribution in [0, 0.1) is 0 Å². The number of anilines is 1. The smallest absolute Gasteiger partial charge is 0.225 e. The van der Waals surface area contributed by atoms with E-state index < -0.39 is 0 Å². The first-order valence-electron chi connectivity index (χ1n) is 9.33. The molecule has 1 fully saturated rings. The Morgan fingerprint density at radius 3 is 2.67 bits per heavy atom. The molecule has 1 aliphatic heterocycles. The van der Waals surface area contributed by atoms with Crippen molar-refractivity contribution in [3.63, 3.8) is 0 Å². The molecule has 0 atom stereocenters. The lowest BCUT2D eigenvalue weighted by Crippen LogP contribution is -2.46. The molecule has 0 radical (unpaired) electrons. The van der Waals surface area contributed by atoms with Crippen molar-refractivity contribution in [2.45, 2.75) is 26.3 Å². The molecule has 0 N–H and O–H groups in total. The molecule has 3 aromatic rings. The van der Waals surface area contributed by atoms with Crippen molar-refractivity contribution in [3.8, 4) is 11.3 Å². The molecule has 0 spiro atoms. The van der Waals surface area contributed by atoms with E-state index in [-0.39, 0.29) is 0 Å². The van der Waals surface area contributed by atoms with Gasteiger partial charge in [0.1, 0.15) is 5.76 Å². The summed E-state index contributed by atoms with van der Waals surface area (Å²) in [5.41, 5.74) is 2.96. The summed E-state index contributed by atoms with van der Waals surface area (Å²) in [6, 6.07) is 5.86.